The normalized spacial score (nSPS) is 10.2. The zero-order valence-corrected chi connectivity index (χ0v) is 14.9. The van der Waals surface area contributed by atoms with E-state index in [1.54, 1.807) is 19.0 Å². The van der Waals surface area contributed by atoms with Crippen LogP contribution >= 0.6 is 0 Å². The number of hydrogen-bond donors (Lipinski definition) is 0. The van der Waals surface area contributed by atoms with Gasteiger partial charge >= 0.3 is 5.97 Å². The number of ketones is 1. The maximum Gasteiger partial charge on any atom is 0.340 e. The summed E-state index contributed by atoms with van der Waals surface area (Å²) in [6.07, 6.45) is 0. The molecule has 8 nitrogen and oxygen atoms in total. The Hall–Kier alpha value is -3.49. The van der Waals surface area contributed by atoms with Gasteiger partial charge in [-0.05, 0) is 24.3 Å². The number of methoxy groups -OCH3 is 1. The third-order valence-electron chi connectivity index (χ3n) is 3.69. The van der Waals surface area contributed by atoms with E-state index >= 15 is 0 Å². The number of rotatable bonds is 7. The van der Waals surface area contributed by atoms with Gasteiger partial charge in [0.25, 0.3) is 5.69 Å². The Kier molecular flexibility index (Phi) is 6.07. The van der Waals surface area contributed by atoms with Crippen molar-refractivity contribution in [3.05, 3.63) is 63.5 Å². The van der Waals surface area contributed by atoms with Crippen molar-refractivity contribution in [1.29, 1.82) is 0 Å². The Morgan fingerprint density at radius 2 is 1.85 bits per heavy atom. The predicted molar refractivity (Wildman–Crippen MR) is 95.0 cm³/mol. The van der Waals surface area contributed by atoms with E-state index in [1.165, 1.54) is 25.3 Å². The summed E-state index contributed by atoms with van der Waals surface area (Å²) in [5.74, 6) is -2.08. The molecule has 0 spiro atoms. The lowest BCUT2D eigenvalue weighted by atomic mass is 10.1. The quantitative estimate of drug-likeness (QED) is 0.317. The molecule has 0 aliphatic carbocycles. The number of nitrogens with zero attached hydrogens (tertiary/aromatic N) is 2. The van der Waals surface area contributed by atoms with Crippen LogP contribution in [-0.2, 0) is 4.74 Å². The van der Waals surface area contributed by atoms with Crippen LogP contribution in [0.4, 0.5) is 15.8 Å². The monoisotopic (exact) mass is 376 g/mol. The standard InChI is InChI=1S/C18H17FN2O6/c1-20(2)15-6-5-12(21(24)25)9-13(15)18(23)27-10-16(22)14-8-11(19)4-7-17(14)26-3/h4-9H,10H2,1-3H3. The molecule has 0 N–H and O–H groups in total. The second-order valence-corrected chi connectivity index (χ2v) is 5.70. The first-order valence-corrected chi connectivity index (χ1v) is 7.74. The average molecular weight is 376 g/mol. The van der Waals surface area contributed by atoms with Gasteiger partial charge in [-0.25, -0.2) is 9.18 Å². The summed E-state index contributed by atoms with van der Waals surface area (Å²) >= 11 is 0. The second kappa shape index (κ2) is 8.26. The van der Waals surface area contributed by atoms with Crippen LogP contribution in [0.5, 0.6) is 5.75 Å². The van der Waals surface area contributed by atoms with Crippen molar-refractivity contribution in [2.75, 3.05) is 32.7 Å². The second-order valence-electron chi connectivity index (χ2n) is 5.70. The Bertz CT molecular complexity index is 897. The zero-order valence-electron chi connectivity index (χ0n) is 14.9. The topological polar surface area (TPSA) is 99.0 Å². The molecule has 9 heteroatoms. The number of non-ortho nitro benzene ring substituents is 1. The van der Waals surface area contributed by atoms with Crippen LogP contribution in [0.15, 0.2) is 36.4 Å². The number of halogens is 1. The van der Waals surface area contributed by atoms with E-state index in [9.17, 15) is 24.1 Å². The third kappa shape index (κ3) is 4.57. The highest BCUT2D eigenvalue weighted by molar-refractivity contribution is 6.02. The molecule has 0 fully saturated rings. The van der Waals surface area contributed by atoms with Gasteiger partial charge in [-0.1, -0.05) is 0 Å². The number of carbonyl (C=O) groups is 2. The highest BCUT2D eigenvalue weighted by atomic mass is 19.1. The van der Waals surface area contributed by atoms with Crippen molar-refractivity contribution in [3.63, 3.8) is 0 Å². The van der Waals surface area contributed by atoms with E-state index in [2.05, 4.69) is 0 Å². The van der Waals surface area contributed by atoms with Gasteiger partial charge < -0.3 is 14.4 Å². The third-order valence-corrected chi connectivity index (χ3v) is 3.69. The Balaban J connectivity index is 2.23. The van der Waals surface area contributed by atoms with Crippen molar-refractivity contribution in [3.8, 4) is 5.75 Å². The summed E-state index contributed by atoms with van der Waals surface area (Å²) in [7, 11) is 4.63. The van der Waals surface area contributed by atoms with Crippen LogP contribution < -0.4 is 9.64 Å². The SMILES string of the molecule is COc1ccc(F)cc1C(=O)COC(=O)c1cc([N+](=O)[O-])ccc1N(C)C. The summed E-state index contributed by atoms with van der Waals surface area (Å²) in [6, 6.07) is 7.14. The summed E-state index contributed by atoms with van der Waals surface area (Å²) < 4.78 is 23.4. The molecule has 0 saturated heterocycles. The van der Waals surface area contributed by atoms with Crippen molar-refractivity contribution < 1.29 is 28.4 Å². The lowest BCUT2D eigenvalue weighted by Crippen LogP contribution is -2.19. The molecule has 2 aromatic rings. The molecule has 0 unspecified atom stereocenters. The number of ether oxygens (including phenoxy) is 2. The molecule has 0 aromatic heterocycles. The van der Waals surface area contributed by atoms with E-state index < -0.39 is 29.1 Å². The summed E-state index contributed by atoms with van der Waals surface area (Å²) in [4.78, 5) is 36.5. The molecule has 0 amide bonds. The van der Waals surface area contributed by atoms with Gasteiger partial charge in [-0.3, -0.25) is 14.9 Å². The first kappa shape index (κ1) is 19.8. The minimum absolute atomic E-state index is 0.0618. The number of anilines is 1. The molecule has 27 heavy (non-hydrogen) atoms. The van der Waals surface area contributed by atoms with E-state index in [4.69, 9.17) is 9.47 Å². The number of esters is 1. The molecule has 0 radical (unpaired) electrons. The molecule has 2 rings (SSSR count). The molecular formula is C18H17FN2O6. The van der Waals surface area contributed by atoms with Gasteiger partial charge in [0.15, 0.2) is 6.61 Å². The van der Waals surface area contributed by atoms with Gasteiger partial charge in [-0.15, -0.1) is 0 Å². The van der Waals surface area contributed by atoms with E-state index in [-0.39, 0.29) is 22.6 Å². The lowest BCUT2D eigenvalue weighted by Gasteiger charge is -2.16. The van der Waals surface area contributed by atoms with Gasteiger partial charge in [0, 0.05) is 26.2 Å². The molecular weight excluding hydrogens is 359 g/mol. The summed E-state index contributed by atoms with van der Waals surface area (Å²) in [5, 5.41) is 10.9. The molecule has 0 heterocycles. The average Bonchev–Trinajstić information content (AvgIpc) is 2.65. The smallest absolute Gasteiger partial charge is 0.340 e. The Morgan fingerprint density at radius 3 is 2.44 bits per heavy atom. The van der Waals surface area contributed by atoms with Crippen LogP contribution in [0.3, 0.4) is 0 Å². The molecule has 2 aromatic carbocycles. The van der Waals surface area contributed by atoms with Crippen LogP contribution in [0.25, 0.3) is 0 Å². The lowest BCUT2D eigenvalue weighted by molar-refractivity contribution is -0.384. The van der Waals surface area contributed by atoms with Crippen LogP contribution in [0.1, 0.15) is 20.7 Å². The van der Waals surface area contributed by atoms with E-state index in [0.717, 1.165) is 18.2 Å². The highest BCUT2D eigenvalue weighted by Crippen LogP contribution is 2.25. The van der Waals surface area contributed by atoms with Crippen LogP contribution in [0, 0.1) is 15.9 Å². The maximum absolute atomic E-state index is 13.4. The number of benzene rings is 2. The van der Waals surface area contributed by atoms with Crippen molar-refractivity contribution in [2.45, 2.75) is 0 Å². The van der Waals surface area contributed by atoms with Crippen molar-refractivity contribution in [2.24, 2.45) is 0 Å². The fraction of sp³-hybridized carbons (Fsp3) is 0.222. The zero-order chi connectivity index (χ0) is 20.1. The van der Waals surface area contributed by atoms with Crippen molar-refractivity contribution >= 4 is 23.1 Å². The fourth-order valence-corrected chi connectivity index (χ4v) is 2.38. The first-order valence-electron chi connectivity index (χ1n) is 7.74. The Labute approximate surface area is 154 Å². The number of nitro benzene ring substituents is 1. The first-order chi connectivity index (χ1) is 12.7. The number of Topliss-reactive ketones (excluding diaryl/α,β-unsaturated/α-hetero) is 1. The van der Waals surface area contributed by atoms with Gasteiger partial charge in [0.2, 0.25) is 5.78 Å². The summed E-state index contributed by atoms with van der Waals surface area (Å²) in [6.45, 7) is -0.672. The molecule has 0 aliphatic heterocycles. The van der Waals surface area contributed by atoms with Gasteiger partial charge in [0.05, 0.1) is 28.8 Å². The molecule has 0 atom stereocenters. The Morgan fingerprint density at radius 1 is 1.15 bits per heavy atom. The van der Waals surface area contributed by atoms with Crippen molar-refractivity contribution in [1.82, 2.24) is 0 Å². The number of carbonyl (C=O) groups excluding carboxylic acids is 2. The number of hydrogen-bond acceptors (Lipinski definition) is 7. The molecule has 142 valence electrons. The molecule has 0 aliphatic rings. The van der Waals surface area contributed by atoms with Gasteiger partial charge in [0.1, 0.15) is 11.6 Å². The maximum atomic E-state index is 13.4. The minimum atomic E-state index is -0.911. The van der Waals surface area contributed by atoms with Crippen LogP contribution in [-0.4, -0.2) is 44.5 Å². The fourth-order valence-electron chi connectivity index (χ4n) is 2.38. The van der Waals surface area contributed by atoms with E-state index in [0.29, 0.717) is 5.69 Å². The highest BCUT2D eigenvalue weighted by Gasteiger charge is 2.21. The van der Waals surface area contributed by atoms with E-state index in [1.807, 2.05) is 0 Å². The van der Waals surface area contributed by atoms with Gasteiger partial charge in [-0.2, -0.15) is 0 Å². The predicted octanol–water partition coefficient (Wildman–Crippen LogP) is 2.85. The largest absolute Gasteiger partial charge is 0.496 e. The minimum Gasteiger partial charge on any atom is -0.496 e. The summed E-state index contributed by atoms with van der Waals surface area (Å²) in [5.41, 5.74) is -0.0301. The number of nitro groups is 1. The molecule has 0 saturated carbocycles. The van der Waals surface area contributed by atoms with Crippen LogP contribution in [0.2, 0.25) is 0 Å². The molecule has 0 bridgehead atoms.